The summed E-state index contributed by atoms with van der Waals surface area (Å²) in [5.74, 6) is 1.57. The van der Waals surface area contributed by atoms with Gasteiger partial charge >= 0.3 is 0 Å². The minimum absolute atomic E-state index is 0.564. The lowest BCUT2D eigenvalue weighted by Crippen LogP contribution is -2.08. The quantitative estimate of drug-likeness (QED) is 0.788. The van der Waals surface area contributed by atoms with Gasteiger partial charge in [-0.1, -0.05) is 0 Å². The highest BCUT2D eigenvalue weighted by Crippen LogP contribution is 2.31. The number of fused-ring (bicyclic) bond motifs is 1. The van der Waals surface area contributed by atoms with Crippen LogP contribution in [0.2, 0.25) is 0 Å². The molecule has 0 saturated heterocycles. The highest BCUT2D eigenvalue weighted by atomic mass is 16.5. The third-order valence-corrected chi connectivity index (χ3v) is 3.24. The van der Waals surface area contributed by atoms with Crippen LogP contribution < -0.4 is 10.5 Å². The van der Waals surface area contributed by atoms with Crippen LogP contribution in [0.15, 0.2) is 18.2 Å². The molecule has 0 bridgehead atoms. The Kier molecular flexibility index (Phi) is 2.28. The smallest absolute Gasteiger partial charge is 0.148 e. The van der Waals surface area contributed by atoms with Crippen LogP contribution in [-0.2, 0) is 6.42 Å². The van der Waals surface area contributed by atoms with Gasteiger partial charge in [0, 0.05) is 11.1 Å². The molecule has 0 saturated carbocycles. The van der Waals surface area contributed by atoms with E-state index in [1.807, 2.05) is 19.1 Å². The van der Waals surface area contributed by atoms with E-state index in [1.165, 1.54) is 5.56 Å². The van der Waals surface area contributed by atoms with Crippen molar-refractivity contribution in [1.82, 2.24) is 10.2 Å². The van der Waals surface area contributed by atoms with Crippen molar-refractivity contribution < 1.29 is 4.74 Å². The van der Waals surface area contributed by atoms with E-state index in [2.05, 4.69) is 16.3 Å². The summed E-state index contributed by atoms with van der Waals surface area (Å²) in [5.41, 5.74) is 10.1. The van der Waals surface area contributed by atoms with Gasteiger partial charge in [-0.25, -0.2) is 0 Å². The first-order valence-electron chi connectivity index (χ1n) is 5.82. The summed E-state index contributed by atoms with van der Waals surface area (Å²) in [4.78, 5) is 0. The van der Waals surface area contributed by atoms with Crippen molar-refractivity contribution in [3.63, 3.8) is 0 Å². The Bertz CT molecular complexity index is 560. The van der Waals surface area contributed by atoms with Crippen LogP contribution in [0.3, 0.4) is 0 Å². The summed E-state index contributed by atoms with van der Waals surface area (Å²) in [6.45, 7) is 2.80. The van der Waals surface area contributed by atoms with Crippen molar-refractivity contribution in [1.29, 1.82) is 0 Å². The molecule has 4 heteroatoms. The van der Waals surface area contributed by atoms with E-state index in [0.29, 0.717) is 5.82 Å². The fourth-order valence-corrected chi connectivity index (χ4v) is 2.21. The molecule has 4 nitrogen and oxygen atoms in total. The summed E-state index contributed by atoms with van der Waals surface area (Å²) >= 11 is 0. The molecular weight excluding hydrogens is 214 g/mol. The van der Waals surface area contributed by atoms with Crippen molar-refractivity contribution in [3.05, 3.63) is 29.3 Å². The number of aromatic nitrogens is 2. The van der Waals surface area contributed by atoms with E-state index in [1.54, 1.807) is 0 Å². The number of nitrogens with zero attached hydrogens (tertiary/aromatic N) is 1. The first kappa shape index (κ1) is 10.2. The molecule has 88 valence electrons. The predicted molar refractivity (Wildman–Crippen MR) is 67.0 cm³/mol. The number of hydrogen-bond donors (Lipinski definition) is 2. The summed E-state index contributed by atoms with van der Waals surface area (Å²) in [6, 6.07) is 6.23. The van der Waals surface area contributed by atoms with Crippen LogP contribution >= 0.6 is 0 Å². The Morgan fingerprint density at radius 1 is 1.41 bits per heavy atom. The maximum absolute atomic E-state index is 5.75. The van der Waals surface area contributed by atoms with Gasteiger partial charge < -0.3 is 10.5 Å². The van der Waals surface area contributed by atoms with Gasteiger partial charge in [0.05, 0.1) is 12.3 Å². The second-order valence-corrected chi connectivity index (χ2v) is 4.38. The molecule has 2 heterocycles. The van der Waals surface area contributed by atoms with E-state index < -0.39 is 0 Å². The Balaban J connectivity index is 2.07. The Morgan fingerprint density at radius 3 is 3.06 bits per heavy atom. The van der Waals surface area contributed by atoms with Crippen molar-refractivity contribution in [2.24, 2.45) is 0 Å². The van der Waals surface area contributed by atoms with Crippen molar-refractivity contribution in [2.45, 2.75) is 19.8 Å². The van der Waals surface area contributed by atoms with Crippen LogP contribution in [-0.4, -0.2) is 16.8 Å². The zero-order chi connectivity index (χ0) is 11.8. The number of benzene rings is 1. The number of aromatic amines is 1. The molecule has 1 aliphatic heterocycles. The van der Waals surface area contributed by atoms with Crippen LogP contribution in [0.25, 0.3) is 11.3 Å². The maximum atomic E-state index is 5.75. The maximum Gasteiger partial charge on any atom is 0.148 e. The van der Waals surface area contributed by atoms with Gasteiger partial charge in [-0.3, -0.25) is 5.10 Å². The molecule has 0 fully saturated rings. The zero-order valence-electron chi connectivity index (χ0n) is 9.79. The fourth-order valence-electron chi connectivity index (χ4n) is 2.21. The van der Waals surface area contributed by atoms with Gasteiger partial charge in [-0.2, -0.15) is 5.10 Å². The third-order valence-electron chi connectivity index (χ3n) is 3.24. The topological polar surface area (TPSA) is 63.9 Å². The minimum atomic E-state index is 0.564. The van der Waals surface area contributed by atoms with Crippen LogP contribution in [0, 0.1) is 6.92 Å². The lowest BCUT2D eigenvalue weighted by Gasteiger charge is -2.17. The molecule has 0 atom stereocenters. The minimum Gasteiger partial charge on any atom is -0.493 e. The second kappa shape index (κ2) is 3.80. The van der Waals surface area contributed by atoms with E-state index in [4.69, 9.17) is 10.5 Å². The molecule has 3 N–H and O–H groups in total. The molecule has 0 aliphatic carbocycles. The molecule has 0 amide bonds. The van der Waals surface area contributed by atoms with Crippen molar-refractivity contribution >= 4 is 5.82 Å². The number of H-pyrrole nitrogens is 1. The number of nitrogens with two attached hydrogens (primary N) is 1. The lowest BCUT2D eigenvalue weighted by molar-refractivity contribution is 0.288. The Hall–Kier alpha value is -1.97. The number of rotatable bonds is 1. The van der Waals surface area contributed by atoms with Gasteiger partial charge in [-0.05, 0) is 43.5 Å². The predicted octanol–water partition coefficient (Wildman–Crippen LogP) is 2.29. The molecule has 0 unspecified atom stereocenters. The molecule has 0 spiro atoms. The van der Waals surface area contributed by atoms with E-state index in [0.717, 1.165) is 42.0 Å². The SMILES string of the molecule is Cc1c(N)n[nH]c1-c1ccc2c(c1)CCCO2. The number of aryl methyl sites for hydroxylation is 1. The van der Waals surface area contributed by atoms with Gasteiger partial charge in [0.15, 0.2) is 0 Å². The summed E-state index contributed by atoms with van der Waals surface area (Å²) in [6.07, 6.45) is 2.16. The van der Waals surface area contributed by atoms with Crippen molar-refractivity contribution in [2.75, 3.05) is 12.3 Å². The highest BCUT2D eigenvalue weighted by Gasteiger charge is 2.13. The summed E-state index contributed by atoms with van der Waals surface area (Å²) in [5, 5.41) is 7.01. The average Bonchev–Trinajstić information content (AvgIpc) is 2.70. The lowest BCUT2D eigenvalue weighted by atomic mass is 10.0. The summed E-state index contributed by atoms with van der Waals surface area (Å²) in [7, 11) is 0. The molecule has 1 aliphatic rings. The molecule has 2 aromatic rings. The van der Waals surface area contributed by atoms with E-state index in [-0.39, 0.29) is 0 Å². The highest BCUT2D eigenvalue weighted by molar-refractivity contribution is 5.69. The van der Waals surface area contributed by atoms with Gasteiger partial charge in [0.1, 0.15) is 11.6 Å². The first-order valence-corrected chi connectivity index (χ1v) is 5.82. The number of hydrogen-bond acceptors (Lipinski definition) is 3. The number of nitrogens with one attached hydrogen (secondary N) is 1. The van der Waals surface area contributed by atoms with Gasteiger partial charge in [0.25, 0.3) is 0 Å². The van der Waals surface area contributed by atoms with Crippen LogP contribution in [0.1, 0.15) is 17.5 Å². The summed E-state index contributed by atoms with van der Waals surface area (Å²) < 4.78 is 5.60. The number of ether oxygens (including phenoxy) is 1. The second-order valence-electron chi connectivity index (χ2n) is 4.38. The molecule has 1 aromatic carbocycles. The average molecular weight is 229 g/mol. The fraction of sp³-hybridized carbons (Fsp3) is 0.308. The zero-order valence-corrected chi connectivity index (χ0v) is 9.79. The van der Waals surface area contributed by atoms with Gasteiger partial charge in [-0.15, -0.1) is 0 Å². The van der Waals surface area contributed by atoms with Crippen molar-refractivity contribution in [3.8, 4) is 17.0 Å². The first-order chi connectivity index (χ1) is 8.25. The monoisotopic (exact) mass is 229 g/mol. The van der Waals surface area contributed by atoms with Crippen LogP contribution in [0.4, 0.5) is 5.82 Å². The third kappa shape index (κ3) is 1.65. The normalized spacial score (nSPS) is 14.2. The molecule has 0 radical (unpaired) electrons. The Labute approximate surface area is 99.8 Å². The van der Waals surface area contributed by atoms with Crippen LogP contribution in [0.5, 0.6) is 5.75 Å². The largest absolute Gasteiger partial charge is 0.493 e. The van der Waals surface area contributed by atoms with E-state index in [9.17, 15) is 0 Å². The standard InChI is InChI=1S/C13H15N3O/c1-8-12(15-16-13(8)14)10-4-5-11-9(7-10)3-2-6-17-11/h4-5,7H,2-3,6H2,1H3,(H3,14,15,16). The molecular formula is C13H15N3O. The molecule has 1 aromatic heterocycles. The van der Waals surface area contributed by atoms with E-state index >= 15 is 0 Å². The van der Waals surface area contributed by atoms with Gasteiger partial charge in [0.2, 0.25) is 0 Å². The number of nitrogen functional groups attached to an aromatic ring is 1. The molecule has 17 heavy (non-hydrogen) atoms. The number of anilines is 1. The Morgan fingerprint density at radius 2 is 2.29 bits per heavy atom. The molecule has 3 rings (SSSR count).